The normalized spacial score (nSPS) is 14.8. The summed E-state index contributed by atoms with van der Waals surface area (Å²) in [4.78, 5) is 10.1. The highest BCUT2D eigenvalue weighted by molar-refractivity contribution is 5.49. The summed E-state index contributed by atoms with van der Waals surface area (Å²) < 4.78 is 0. The Labute approximate surface area is 62.2 Å². The molecule has 2 heteroatoms. The highest BCUT2D eigenvalue weighted by Crippen LogP contribution is 2.26. The Morgan fingerprint density at radius 3 is 2.10 bits per heavy atom. The molecular weight excluding hydrogens is 128 g/mol. The molecule has 0 aromatic heterocycles. The van der Waals surface area contributed by atoms with E-state index in [0.29, 0.717) is 6.42 Å². The highest BCUT2D eigenvalue weighted by Gasteiger charge is 2.22. The van der Waals surface area contributed by atoms with Crippen LogP contribution in [0.3, 0.4) is 0 Å². The van der Waals surface area contributed by atoms with Crippen molar-refractivity contribution < 1.29 is 9.90 Å². The maximum absolute atomic E-state index is 10.1. The largest absolute Gasteiger partial charge is 0.396 e. The van der Waals surface area contributed by atoms with E-state index in [2.05, 4.69) is 0 Å². The van der Waals surface area contributed by atoms with Gasteiger partial charge in [0.25, 0.3) is 0 Å². The van der Waals surface area contributed by atoms with Crippen LogP contribution in [-0.2, 0) is 4.79 Å². The minimum atomic E-state index is 0.0374. The van der Waals surface area contributed by atoms with Crippen LogP contribution in [0.15, 0.2) is 0 Å². The van der Waals surface area contributed by atoms with Crippen molar-refractivity contribution in [3.05, 3.63) is 0 Å². The molecular formula is C8H16O2. The van der Waals surface area contributed by atoms with Crippen LogP contribution in [0.4, 0.5) is 0 Å². The van der Waals surface area contributed by atoms with Gasteiger partial charge in [-0.05, 0) is 11.3 Å². The van der Waals surface area contributed by atoms with Crippen LogP contribution in [0.25, 0.3) is 0 Å². The Kier molecular flexibility index (Phi) is 3.58. The van der Waals surface area contributed by atoms with E-state index in [1.807, 2.05) is 20.8 Å². The summed E-state index contributed by atoms with van der Waals surface area (Å²) in [5.74, 6) is 0.102. The van der Waals surface area contributed by atoms with Crippen LogP contribution >= 0.6 is 0 Å². The maximum atomic E-state index is 10.1. The predicted octanol–water partition coefficient (Wildman–Crippen LogP) is 1.23. The van der Waals surface area contributed by atoms with Gasteiger partial charge in [-0.15, -0.1) is 0 Å². The summed E-state index contributed by atoms with van der Waals surface area (Å²) in [6.45, 7) is 6.17. The third-order valence-corrected chi connectivity index (χ3v) is 1.83. The molecule has 0 aliphatic carbocycles. The van der Waals surface area contributed by atoms with Gasteiger partial charge in [0.05, 0.1) is 0 Å². The van der Waals surface area contributed by atoms with E-state index in [4.69, 9.17) is 5.11 Å². The Hall–Kier alpha value is -0.370. The van der Waals surface area contributed by atoms with Gasteiger partial charge in [-0.1, -0.05) is 20.8 Å². The van der Waals surface area contributed by atoms with Gasteiger partial charge in [-0.25, -0.2) is 0 Å². The monoisotopic (exact) mass is 144 g/mol. The van der Waals surface area contributed by atoms with Crippen LogP contribution in [0.2, 0.25) is 0 Å². The lowest BCUT2D eigenvalue weighted by atomic mass is 9.80. The topological polar surface area (TPSA) is 37.3 Å². The molecule has 0 aliphatic heterocycles. The van der Waals surface area contributed by atoms with Crippen molar-refractivity contribution >= 4 is 6.29 Å². The second-order valence-corrected chi connectivity index (χ2v) is 3.65. The lowest BCUT2D eigenvalue weighted by Gasteiger charge is -2.27. The molecule has 0 aromatic carbocycles. The minimum absolute atomic E-state index is 0.0374. The highest BCUT2D eigenvalue weighted by atomic mass is 16.3. The van der Waals surface area contributed by atoms with Crippen molar-refractivity contribution in [1.29, 1.82) is 0 Å². The lowest BCUT2D eigenvalue weighted by molar-refractivity contribution is -0.109. The first kappa shape index (κ1) is 9.63. The van der Waals surface area contributed by atoms with Gasteiger partial charge in [-0.2, -0.15) is 0 Å². The number of carbonyl (C=O) groups excluding carboxylic acids is 1. The summed E-state index contributed by atoms with van der Waals surface area (Å²) in [6, 6.07) is 0. The van der Waals surface area contributed by atoms with E-state index in [9.17, 15) is 4.79 Å². The molecule has 0 aromatic rings. The molecule has 0 saturated heterocycles. The van der Waals surface area contributed by atoms with E-state index >= 15 is 0 Å². The fraction of sp³-hybridized carbons (Fsp3) is 0.875. The van der Waals surface area contributed by atoms with Gasteiger partial charge < -0.3 is 9.90 Å². The Morgan fingerprint density at radius 2 is 2.00 bits per heavy atom. The average molecular weight is 144 g/mol. The average Bonchev–Trinajstić information content (AvgIpc) is 1.80. The standard InChI is InChI=1S/C8H16O2/c1-8(2,3)7(6-10)4-5-9/h5,7,10H,4,6H2,1-3H3. The predicted molar refractivity (Wildman–Crippen MR) is 40.7 cm³/mol. The summed E-state index contributed by atoms with van der Waals surface area (Å²) >= 11 is 0. The molecule has 1 unspecified atom stereocenters. The Bertz CT molecular complexity index is 102. The van der Waals surface area contributed by atoms with Crippen molar-refractivity contribution in [3.63, 3.8) is 0 Å². The fourth-order valence-corrected chi connectivity index (χ4v) is 0.818. The number of aliphatic hydroxyl groups is 1. The van der Waals surface area contributed by atoms with Crippen molar-refractivity contribution in [1.82, 2.24) is 0 Å². The first-order valence-electron chi connectivity index (χ1n) is 3.57. The Balaban J connectivity index is 3.92. The summed E-state index contributed by atoms with van der Waals surface area (Å²) in [5, 5.41) is 8.83. The van der Waals surface area contributed by atoms with Gasteiger partial charge in [0, 0.05) is 13.0 Å². The number of hydrogen-bond donors (Lipinski definition) is 1. The van der Waals surface area contributed by atoms with Gasteiger partial charge in [0.1, 0.15) is 6.29 Å². The molecule has 0 amide bonds. The van der Waals surface area contributed by atoms with Crippen molar-refractivity contribution in [2.75, 3.05) is 6.61 Å². The lowest BCUT2D eigenvalue weighted by Crippen LogP contribution is -2.24. The zero-order valence-electron chi connectivity index (χ0n) is 6.92. The summed E-state index contributed by atoms with van der Waals surface area (Å²) in [6.07, 6.45) is 1.33. The molecule has 0 spiro atoms. The van der Waals surface area contributed by atoms with Crippen LogP contribution in [0.1, 0.15) is 27.2 Å². The smallest absolute Gasteiger partial charge is 0.120 e. The first-order chi connectivity index (χ1) is 4.52. The number of aliphatic hydroxyl groups excluding tert-OH is 1. The quantitative estimate of drug-likeness (QED) is 0.605. The molecule has 0 heterocycles. The van der Waals surface area contributed by atoms with Crippen LogP contribution in [0, 0.1) is 11.3 Å². The van der Waals surface area contributed by atoms with Crippen molar-refractivity contribution in [2.24, 2.45) is 11.3 Å². The number of aldehydes is 1. The van der Waals surface area contributed by atoms with Crippen LogP contribution in [0.5, 0.6) is 0 Å². The molecule has 0 rings (SSSR count). The zero-order valence-corrected chi connectivity index (χ0v) is 6.92. The molecule has 0 saturated carbocycles. The molecule has 0 fully saturated rings. The van der Waals surface area contributed by atoms with Crippen LogP contribution < -0.4 is 0 Å². The zero-order chi connectivity index (χ0) is 8.20. The molecule has 60 valence electrons. The molecule has 0 radical (unpaired) electrons. The fourth-order valence-electron chi connectivity index (χ4n) is 0.818. The number of rotatable bonds is 3. The van der Waals surface area contributed by atoms with E-state index in [0.717, 1.165) is 6.29 Å². The second kappa shape index (κ2) is 3.71. The molecule has 1 N–H and O–H groups in total. The minimum Gasteiger partial charge on any atom is -0.396 e. The molecule has 1 atom stereocenters. The number of hydrogen-bond acceptors (Lipinski definition) is 2. The van der Waals surface area contributed by atoms with Crippen molar-refractivity contribution in [3.8, 4) is 0 Å². The third kappa shape index (κ3) is 2.97. The molecule has 10 heavy (non-hydrogen) atoms. The summed E-state index contributed by atoms with van der Waals surface area (Å²) in [5.41, 5.74) is 0.0374. The van der Waals surface area contributed by atoms with Crippen molar-refractivity contribution in [2.45, 2.75) is 27.2 Å². The van der Waals surface area contributed by atoms with E-state index in [1.54, 1.807) is 0 Å². The molecule has 0 bridgehead atoms. The first-order valence-corrected chi connectivity index (χ1v) is 3.57. The van der Waals surface area contributed by atoms with E-state index in [1.165, 1.54) is 0 Å². The molecule has 2 nitrogen and oxygen atoms in total. The van der Waals surface area contributed by atoms with Gasteiger partial charge in [0.15, 0.2) is 0 Å². The van der Waals surface area contributed by atoms with E-state index < -0.39 is 0 Å². The summed E-state index contributed by atoms with van der Waals surface area (Å²) in [7, 11) is 0. The maximum Gasteiger partial charge on any atom is 0.120 e. The number of carbonyl (C=O) groups is 1. The van der Waals surface area contributed by atoms with Crippen LogP contribution in [-0.4, -0.2) is 18.0 Å². The Morgan fingerprint density at radius 1 is 1.50 bits per heavy atom. The van der Waals surface area contributed by atoms with Gasteiger partial charge >= 0.3 is 0 Å². The van der Waals surface area contributed by atoms with Gasteiger partial charge in [0.2, 0.25) is 0 Å². The SMILES string of the molecule is CC(C)(C)C(CO)CC=O. The third-order valence-electron chi connectivity index (χ3n) is 1.83. The second-order valence-electron chi connectivity index (χ2n) is 3.65. The molecule has 0 aliphatic rings. The van der Waals surface area contributed by atoms with Gasteiger partial charge in [-0.3, -0.25) is 0 Å². The van der Waals surface area contributed by atoms with E-state index in [-0.39, 0.29) is 17.9 Å².